The molecular weight excluding hydrogens is 264 g/mol. The SMILES string of the molecule is COc1cc(C)cc(-c2nccn2C2C=CCC2)c1OC. The van der Waals surface area contributed by atoms with E-state index in [4.69, 9.17) is 9.47 Å². The predicted octanol–water partition coefficient (Wildman–Crippen LogP) is 3.77. The number of allylic oxidation sites excluding steroid dienone is 2. The fraction of sp³-hybridized carbons (Fsp3) is 0.353. The second-order valence-electron chi connectivity index (χ2n) is 5.28. The first-order chi connectivity index (χ1) is 10.2. The molecule has 1 unspecified atom stereocenters. The lowest BCUT2D eigenvalue weighted by Gasteiger charge is -2.17. The summed E-state index contributed by atoms with van der Waals surface area (Å²) in [6, 6.07) is 4.45. The first kappa shape index (κ1) is 13.7. The van der Waals surface area contributed by atoms with Gasteiger partial charge in [-0.1, -0.05) is 12.2 Å². The number of benzene rings is 1. The van der Waals surface area contributed by atoms with Gasteiger partial charge in [-0.15, -0.1) is 0 Å². The predicted molar refractivity (Wildman–Crippen MR) is 82.9 cm³/mol. The molecule has 3 rings (SSSR count). The zero-order valence-electron chi connectivity index (χ0n) is 12.7. The maximum absolute atomic E-state index is 5.57. The van der Waals surface area contributed by atoms with Gasteiger partial charge in [-0.3, -0.25) is 0 Å². The minimum absolute atomic E-state index is 0.374. The van der Waals surface area contributed by atoms with Crippen LogP contribution in [0.25, 0.3) is 11.4 Å². The van der Waals surface area contributed by atoms with Crippen LogP contribution in [0.4, 0.5) is 0 Å². The van der Waals surface area contributed by atoms with Gasteiger partial charge in [-0.05, 0) is 37.5 Å². The van der Waals surface area contributed by atoms with Gasteiger partial charge < -0.3 is 14.0 Å². The summed E-state index contributed by atoms with van der Waals surface area (Å²) in [5.74, 6) is 2.40. The molecule has 2 aromatic rings. The number of imidazole rings is 1. The Hall–Kier alpha value is -2.23. The molecule has 0 spiro atoms. The van der Waals surface area contributed by atoms with Crippen molar-refractivity contribution in [1.29, 1.82) is 0 Å². The van der Waals surface area contributed by atoms with Crippen molar-refractivity contribution in [2.24, 2.45) is 0 Å². The first-order valence-corrected chi connectivity index (χ1v) is 7.17. The van der Waals surface area contributed by atoms with Gasteiger partial charge in [0.15, 0.2) is 11.5 Å². The molecular formula is C17H20N2O2. The number of hydrogen-bond donors (Lipinski definition) is 0. The van der Waals surface area contributed by atoms with Crippen molar-refractivity contribution in [1.82, 2.24) is 9.55 Å². The van der Waals surface area contributed by atoms with Gasteiger partial charge in [0.1, 0.15) is 5.82 Å². The largest absolute Gasteiger partial charge is 0.493 e. The Kier molecular flexibility index (Phi) is 3.69. The van der Waals surface area contributed by atoms with E-state index in [1.807, 2.05) is 25.4 Å². The Bertz CT molecular complexity index is 673. The second-order valence-corrected chi connectivity index (χ2v) is 5.28. The van der Waals surface area contributed by atoms with E-state index in [-0.39, 0.29) is 0 Å². The van der Waals surface area contributed by atoms with Crippen LogP contribution in [0.5, 0.6) is 11.5 Å². The molecule has 1 aliphatic carbocycles. The van der Waals surface area contributed by atoms with Gasteiger partial charge in [-0.2, -0.15) is 0 Å². The summed E-state index contributed by atoms with van der Waals surface area (Å²) in [4.78, 5) is 4.55. The Morgan fingerprint density at radius 3 is 2.76 bits per heavy atom. The molecule has 0 N–H and O–H groups in total. The monoisotopic (exact) mass is 284 g/mol. The molecule has 1 atom stereocenters. The number of aryl methyl sites for hydroxylation is 1. The molecule has 4 nitrogen and oxygen atoms in total. The Morgan fingerprint density at radius 1 is 1.24 bits per heavy atom. The van der Waals surface area contributed by atoms with Crippen LogP contribution in [0.1, 0.15) is 24.4 Å². The van der Waals surface area contributed by atoms with Crippen LogP contribution >= 0.6 is 0 Å². The average Bonchev–Trinajstić information content (AvgIpc) is 3.16. The molecule has 0 saturated carbocycles. The van der Waals surface area contributed by atoms with Crippen LogP contribution in [0.3, 0.4) is 0 Å². The van der Waals surface area contributed by atoms with E-state index in [0.717, 1.165) is 41.3 Å². The zero-order chi connectivity index (χ0) is 14.8. The minimum atomic E-state index is 0.374. The lowest BCUT2D eigenvalue weighted by Crippen LogP contribution is -2.06. The number of nitrogens with zero attached hydrogens (tertiary/aromatic N) is 2. The Balaban J connectivity index is 2.14. The lowest BCUT2D eigenvalue weighted by molar-refractivity contribution is 0.355. The summed E-state index contributed by atoms with van der Waals surface area (Å²) in [5, 5.41) is 0. The normalized spacial score (nSPS) is 17.2. The molecule has 1 aromatic heterocycles. The molecule has 21 heavy (non-hydrogen) atoms. The third kappa shape index (κ3) is 2.42. The highest BCUT2D eigenvalue weighted by molar-refractivity contribution is 5.70. The molecule has 0 amide bonds. The van der Waals surface area contributed by atoms with E-state index in [0.29, 0.717) is 6.04 Å². The standard InChI is InChI=1S/C17H20N2O2/c1-12-10-14(16(21-3)15(11-12)20-2)17-18-8-9-19(17)13-6-4-5-7-13/h4,6,8-11,13H,5,7H2,1-3H3. The van der Waals surface area contributed by atoms with Crippen LogP contribution in [0.2, 0.25) is 0 Å². The molecule has 4 heteroatoms. The first-order valence-electron chi connectivity index (χ1n) is 7.17. The molecule has 1 aliphatic rings. The Morgan fingerprint density at radius 2 is 2.10 bits per heavy atom. The number of ether oxygens (including phenoxy) is 2. The second kappa shape index (κ2) is 5.64. The molecule has 0 fully saturated rings. The highest BCUT2D eigenvalue weighted by Crippen LogP contribution is 2.40. The highest BCUT2D eigenvalue weighted by atomic mass is 16.5. The van der Waals surface area contributed by atoms with E-state index in [2.05, 4.69) is 27.8 Å². The summed E-state index contributed by atoms with van der Waals surface area (Å²) in [6.45, 7) is 2.05. The number of rotatable bonds is 4. The third-order valence-electron chi connectivity index (χ3n) is 3.88. The van der Waals surface area contributed by atoms with Crippen LogP contribution in [-0.2, 0) is 0 Å². The smallest absolute Gasteiger partial charge is 0.171 e. The van der Waals surface area contributed by atoms with E-state index in [9.17, 15) is 0 Å². The van der Waals surface area contributed by atoms with E-state index < -0.39 is 0 Å². The van der Waals surface area contributed by atoms with Crippen LogP contribution < -0.4 is 9.47 Å². The molecule has 1 aromatic carbocycles. The van der Waals surface area contributed by atoms with Gasteiger partial charge >= 0.3 is 0 Å². The topological polar surface area (TPSA) is 36.3 Å². The zero-order valence-corrected chi connectivity index (χ0v) is 12.7. The molecule has 0 radical (unpaired) electrons. The molecule has 0 saturated heterocycles. The van der Waals surface area contributed by atoms with Crippen molar-refractivity contribution >= 4 is 0 Å². The molecule has 110 valence electrons. The maximum Gasteiger partial charge on any atom is 0.171 e. The quantitative estimate of drug-likeness (QED) is 0.802. The summed E-state index contributed by atoms with van der Waals surface area (Å²) < 4.78 is 13.2. The van der Waals surface area contributed by atoms with Crippen molar-refractivity contribution in [3.63, 3.8) is 0 Å². The van der Waals surface area contributed by atoms with Crippen molar-refractivity contribution < 1.29 is 9.47 Å². The van der Waals surface area contributed by atoms with Crippen LogP contribution in [0, 0.1) is 6.92 Å². The van der Waals surface area contributed by atoms with Gasteiger partial charge in [0, 0.05) is 12.4 Å². The van der Waals surface area contributed by atoms with Crippen molar-refractivity contribution in [2.45, 2.75) is 25.8 Å². The van der Waals surface area contributed by atoms with Gasteiger partial charge in [0.05, 0.1) is 25.8 Å². The van der Waals surface area contributed by atoms with Gasteiger partial charge in [-0.25, -0.2) is 4.98 Å². The molecule has 0 bridgehead atoms. The summed E-state index contributed by atoms with van der Waals surface area (Å²) in [7, 11) is 3.33. The lowest BCUT2D eigenvalue weighted by atomic mass is 10.1. The van der Waals surface area contributed by atoms with Gasteiger partial charge in [0.25, 0.3) is 0 Å². The van der Waals surface area contributed by atoms with E-state index >= 15 is 0 Å². The number of hydrogen-bond acceptors (Lipinski definition) is 3. The van der Waals surface area contributed by atoms with E-state index in [1.54, 1.807) is 14.2 Å². The number of aromatic nitrogens is 2. The fourth-order valence-corrected chi connectivity index (χ4v) is 2.91. The molecule has 0 aliphatic heterocycles. The van der Waals surface area contributed by atoms with Gasteiger partial charge in [0.2, 0.25) is 0 Å². The summed E-state index contributed by atoms with van der Waals surface area (Å²) >= 11 is 0. The summed E-state index contributed by atoms with van der Waals surface area (Å²) in [5.41, 5.74) is 2.10. The van der Waals surface area contributed by atoms with Crippen molar-refractivity contribution in [3.05, 3.63) is 42.2 Å². The third-order valence-corrected chi connectivity index (χ3v) is 3.88. The molecule has 1 heterocycles. The summed E-state index contributed by atoms with van der Waals surface area (Å²) in [6.07, 6.45) is 10.6. The van der Waals surface area contributed by atoms with E-state index in [1.165, 1.54) is 0 Å². The van der Waals surface area contributed by atoms with Crippen molar-refractivity contribution in [2.75, 3.05) is 14.2 Å². The highest BCUT2D eigenvalue weighted by Gasteiger charge is 2.20. The fourth-order valence-electron chi connectivity index (χ4n) is 2.91. The average molecular weight is 284 g/mol. The Labute approximate surface area is 125 Å². The van der Waals surface area contributed by atoms with Crippen LogP contribution in [-0.4, -0.2) is 23.8 Å². The van der Waals surface area contributed by atoms with Crippen LogP contribution in [0.15, 0.2) is 36.7 Å². The van der Waals surface area contributed by atoms with Crippen molar-refractivity contribution in [3.8, 4) is 22.9 Å². The number of methoxy groups -OCH3 is 2. The minimum Gasteiger partial charge on any atom is -0.493 e. The maximum atomic E-state index is 5.57.